The molecule has 1 fully saturated rings. The summed E-state index contributed by atoms with van der Waals surface area (Å²) >= 11 is 0. The van der Waals surface area contributed by atoms with Crippen LogP contribution in [0.25, 0.3) is 0 Å². The van der Waals surface area contributed by atoms with Crippen molar-refractivity contribution in [3.8, 4) is 0 Å². The highest BCUT2D eigenvalue weighted by Crippen LogP contribution is 2.22. The Morgan fingerprint density at radius 2 is 2.22 bits per heavy atom. The molecule has 0 radical (unpaired) electrons. The van der Waals surface area contributed by atoms with Crippen LogP contribution in [0.2, 0.25) is 0 Å². The van der Waals surface area contributed by atoms with Crippen LogP contribution >= 0.6 is 0 Å². The highest BCUT2D eigenvalue weighted by molar-refractivity contribution is 5.32. The number of hydrogen-bond donors (Lipinski definition) is 1. The van der Waals surface area contributed by atoms with E-state index in [-0.39, 0.29) is 12.5 Å². The molecule has 18 heavy (non-hydrogen) atoms. The van der Waals surface area contributed by atoms with Gasteiger partial charge >= 0.3 is 6.18 Å². The van der Waals surface area contributed by atoms with Gasteiger partial charge in [-0.3, -0.25) is 0 Å². The third-order valence-corrected chi connectivity index (χ3v) is 2.87. The Bertz CT molecular complexity index is 408. The summed E-state index contributed by atoms with van der Waals surface area (Å²) in [4.78, 5) is 10.1. The first-order valence-corrected chi connectivity index (χ1v) is 5.83. The van der Waals surface area contributed by atoms with Crippen LogP contribution in [0.3, 0.4) is 0 Å². The van der Waals surface area contributed by atoms with E-state index in [9.17, 15) is 13.2 Å². The minimum absolute atomic E-state index is 0.0902. The van der Waals surface area contributed by atoms with Crippen molar-refractivity contribution in [3.05, 3.63) is 18.0 Å². The number of aromatic nitrogens is 2. The molecule has 4 nitrogen and oxygen atoms in total. The Morgan fingerprint density at radius 3 is 2.83 bits per heavy atom. The number of alkyl halides is 3. The van der Waals surface area contributed by atoms with Gasteiger partial charge < -0.3 is 10.6 Å². The summed E-state index contributed by atoms with van der Waals surface area (Å²) in [6, 6.07) is 1.61. The van der Waals surface area contributed by atoms with E-state index in [0.29, 0.717) is 18.2 Å². The van der Waals surface area contributed by atoms with E-state index in [1.165, 1.54) is 12.3 Å². The lowest BCUT2D eigenvalue weighted by Gasteiger charge is -2.16. The second kappa shape index (κ2) is 5.09. The minimum Gasteiger partial charge on any atom is -0.339 e. The van der Waals surface area contributed by atoms with Gasteiger partial charge in [0.25, 0.3) is 0 Å². The molecule has 100 valence electrons. The second-order valence-corrected chi connectivity index (χ2v) is 4.46. The molecule has 1 unspecified atom stereocenters. The van der Waals surface area contributed by atoms with Crippen LogP contribution in [-0.2, 0) is 6.42 Å². The first-order chi connectivity index (χ1) is 8.44. The van der Waals surface area contributed by atoms with Crippen LogP contribution in [0.15, 0.2) is 12.3 Å². The zero-order valence-electron chi connectivity index (χ0n) is 9.82. The zero-order valence-corrected chi connectivity index (χ0v) is 9.82. The number of nitrogens with two attached hydrogens (primary N) is 1. The van der Waals surface area contributed by atoms with Gasteiger partial charge in [0, 0.05) is 37.4 Å². The van der Waals surface area contributed by atoms with Crippen molar-refractivity contribution in [1.29, 1.82) is 0 Å². The van der Waals surface area contributed by atoms with Crippen LogP contribution in [0.4, 0.5) is 19.1 Å². The molecule has 1 aromatic heterocycles. The predicted octanol–water partition coefficient (Wildman–Crippen LogP) is 1.51. The van der Waals surface area contributed by atoms with Crippen molar-refractivity contribution in [2.45, 2.75) is 31.5 Å². The standard InChI is InChI=1S/C11H15F3N4/c12-11(13,14)4-1-9-2-5-16-10(17-9)18-6-3-8(15)7-18/h2,5,8H,1,3-4,6-7,15H2. The molecule has 2 rings (SSSR count). The summed E-state index contributed by atoms with van der Waals surface area (Å²) in [5.74, 6) is 0.475. The molecule has 0 amide bonds. The van der Waals surface area contributed by atoms with Gasteiger partial charge in [-0.25, -0.2) is 9.97 Å². The average Bonchev–Trinajstić information content (AvgIpc) is 2.73. The summed E-state index contributed by atoms with van der Waals surface area (Å²) in [5.41, 5.74) is 6.18. The van der Waals surface area contributed by atoms with Gasteiger partial charge in [-0.1, -0.05) is 0 Å². The van der Waals surface area contributed by atoms with Crippen molar-refractivity contribution in [1.82, 2.24) is 9.97 Å². The Hall–Kier alpha value is -1.37. The van der Waals surface area contributed by atoms with Crippen LogP contribution < -0.4 is 10.6 Å². The summed E-state index contributed by atoms with van der Waals surface area (Å²) < 4.78 is 36.4. The van der Waals surface area contributed by atoms with E-state index >= 15 is 0 Å². The first-order valence-electron chi connectivity index (χ1n) is 5.83. The number of rotatable bonds is 3. The lowest BCUT2D eigenvalue weighted by molar-refractivity contribution is -0.134. The lowest BCUT2D eigenvalue weighted by Crippen LogP contribution is -2.27. The largest absolute Gasteiger partial charge is 0.389 e. The smallest absolute Gasteiger partial charge is 0.339 e. The molecule has 0 aromatic carbocycles. The first kappa shape index (κ1) is 13.1. The van der Waals surface area contributed by atoms with E-state index < -0.39 is 12.6 Å². The molecule has 1 aromatic rings. The molecule has 1 atom stereocenters. The van der Waals surface area contributed by atoms with Gasteiger partial charge in [0.1, 0.15) is 0 Å². The molecule has 0 aliphatic carbocycles. The molecule has 2 N–H and O–H groups in total. The zero-order chi connectivity index (χ0) is 13.2. The van der Waals surface area contributed by atoms with E-state index in [0.717, 1.165) is 13.0 Å². The fraction of sp³-hybridized carbons (Fsp3) is 0.636. The lowest BCUT2D eigenvalue weighted by atomic mass is 10.2. The van der Waals surface area contributed by atoms with Gasteiger partial charge in [-0.2, -0.15) is 13.2 Å². The van der Waals surface area contributed by atoms with Gasteiger partial charge in [0.15, 0.2) is 0 Å². The van der Waals surface area contributed by atoms with Crippen LogP contribution in [0.1, 0.15) is 18.5 Å². The Labute approximate surface area is 103 Å². The number of hydrogen-bond acceptors (Lipinski definition) is 4. The van der Waals surface area contributed by atoms with Crippen LogP contribution in [-0.4, -0.2) is 35.3 Å². The Kier molecular flexibility index (Phi) is 3.70. The van der Waals surface area contributed by atoms with Crippen molar-refractivity contribution in [2.75, 3.05) is 18.0 Å². The SMILES string of the molecule is NC1CCN(c2nccc(CCC(F)(F)F)n2)C1. The molecule has 0 saturated carbocycles. The van der Waals surface area contributed by atoms with Gasteiger partial charge in [0.2, 0.25) is 5.95 Å². The molecular weight excluding hydrogens is 245 g/mol. The molecule has 1 saturated heterocycles. The van der Waals surface area contributed by atoms with E-state index in [2.05, 4.69) is 9.97 Å². The second-order valence-electron chi connectivity index (χ2n) is 4.46. The molecule has 1 aliphatic rings. The normalized spacial score (nSPS) is 20.4. The van der Waals surface area contributed by atoms with E-state index in [1.54, 1.807) is 0 Å². The molecular formula is C11H15F3N4. The average molecular weight is 260 g/mol. The molecule has 0 spiro atoms. The van der Waals surface area contributed by atoms with E-state index in [1.807, 2.05) is 4.90 Å². The topological polar surface area (TPSA) is 55.0 Å². The maximum absolute atomic E-state index is 12.1. The van der Waals surface area contributed by atoms with Crippen LogP contribution in [0.5, 0.6) is 0 Å². The fourth-order valence-corrected chi connectivity index (χ4v) is 1.91. The monoisotopic (exact) mass is 260 g/mol. The summed E-state index contributed by atoms with van der Waals surface area (Å²) in [6.07, 6.45) is -2.77. The van der Waals surface area contributed by atoms with E-state index in [4.69, 9.17) is 5.73 Å². The summed E-state index contributed by atoms with van der Waals surface area (Å²) in [7, 11) is 0. The maximum Gasteiger partial charge on any atom is 0.389 e. The van der Waals surface area contributed by atoms with Gasteiger partial charge in [0.05, 0.1) is 0 Å². The summed E-state index contributed by atoms with van der Waals surface area (Å²) in [5, 5.41) is 0. The quantitative estimate of drug-likeness (QED) is 0.895. The minimum atomic E-state index is -4.15. The maximum atomic E-state index is 12.1. The number of aryl methyl sites for hydroxylation is 1. The van der Waals surface area contributed by atoms with Crippen molar-refractivity contribution >= 4 is 5.95 Å². The van der Waals surface area contributed by atoms with Crippen molar-refractivity contribution < 1.29 is 13.2 Å². The predicted molar refractivity (Wildman–Crippen MR) is 61.2 cm³/mol. The molecule has 2 heterocycles. The molecule has 0 bridgehead atoms. The van der Waals surface area contributed by atoms with Gasteiger partial charge in [-0.05, 0) is 18.9 Å². The third kappa shape index (κ3) is 3.56. The Morgan fingerprint density at radius 1 is 1.44 bits per heavy atom. The van der Waals surface area contributed by atoms with Gasteiger partial charge in [-0.15, -0.1) is 0 Å². The Balaban J connectivity index is 2.01. The fourth-order valence-electron chi connectivity index (χ4n) is 1.91. The molecule has 1 aliphatic heterocycles. The van der Waals surface area contributed by atoms with Crippen molar-refractivity contribution in [2.24, 2.45) is 5.73 Å². The number of halogens is 3. The highest BCUT2D eigenvalue weighted by atomic mass is 19.4. The van der Waals surface area contributed by atoms with Crippen molar-refractivity contribution in [3.63, 3.8) is 0 Å². The number of nitrogens with zero attached hydrogens (tertiary/aromatic N) is 3. The third-order valence-electron chi connectivity index (χ3n) is 2.87. The molecule has 7 heteroatoms. The highest BCUT2D eigenvalue weighted by Gasteiger charge is 2.27. The number of anilines is 1. The summed E-state index contributed by atoms with van der Waals surface area (Å²) in [6.45, 7) is 1.41. The van der Waals surface area contributed by atoms with Crippen LogP contribution in [0, 0.1) is 0 Å².